The van der Waals surface area contributed by atoms with Gasteiger partial charge in [0.15, 0.2) is 0 Å². The van der Waals surface area contributed by atoms with Crippen LogP contribution in [-0.4, -0.2) is 11.0 Å². The van der Waals surface area contributed by atoms with E-state index in [4.69, 9.17) is 17.3 Å². The Balaban J connectivity index is 1.94. The SMILES string of the molecule is Nc1ccc(O)c(CNC(=O)Cc2cccc(Cl)c2)c1. The number of hydrogen-bond acceptors (Lipinski definition) is 3. The fourth-order valence-corrected chi connectivity index (χ4v) is 2.05. The van der Waals surface area contributed by atoms with Crippen LogP contribution in [-0.2, 0) is 17.8 Å². The molecule has 104 valence electrons. The van der Waals surface area contributed by atoms with Gasteiger partial charge in [0.1, 0.15) is 5.75 Å². The minimum Gasteiger partial charge on any atom is -0.508 e. The highest BCUT2D eigenvalue weighted by Gasteiger charge is 2.06. The van der Waals surface area contributed by atoms with Gasteiger partial charge in [-0.05, 0) is 35.9 Å². The van der Waals surface area contributed by atoms with E-state index < -0.39 is 0 Å². The van der Waals surface area contributed by atoms with Gasteiger partial charge in [0, 0.05) is 22.8 Å². The summed E-state index contributed by atoms with van der Waals surface area (Å²) in [6.45, 7) is 0.232. The number of phenolic OH excluding ortho intramolecular Hbond substituents is 1. The molecule has 0 aliphatic heterocycles. The molecule has 5 heteroatoms. The van der Waals surface area contributed by atoms with Gasteiger partial charge in [0.05, 0.1) is 6.42 Å². The first-order valence-electron chi connectivity index (χ1n) is 6.13. The van der Waals surface area contributed by atoms with E-state index in [1.807, 2.05) is 6.07 Å². The first-order valence-corrected chi connectivity index (χ1v) is 6.51. The second-order valence-corrected chi connectivity index (χ2v) is 4.91. The van der Waals surface area contributed by atoms with Crippen molar-refractivity contribution in [2.24, 2.45) is 0 Å². The van der Waals surface area contributed by atoms with Crippen molar-refractivity contribution in [3.8, 4) is 5.75 Å². The molecule has 2 aromatic carbocycles. The van der Waals surface area contributed by atoms with Crippen LogP contribution in [0.2, 0.25) is 5.02 Å². The van der Waals surface area contributed by atoms with Crippen LogP contribution in [0.1, 0.15) is 11.1 Å². The lowest BCUT2D eigenvalue weighted by atomic mass is 10.1. The van der Waals surface area contributed by atoms with E-state index in [0.717, 1.165) is 5.56 Å². The predicted molar refractivity (Wildman–Crippen MR) is 79.5 cm³/mol. The molecule has 0 heterocycles. The first-order chi connectivity index (χ1) is 9.54. The maximum absolute atomic E-state index is 11.8. The molecule has 2 aromatic rings. The topological polar surface area (TPSA) is 75.3 Å². The van der Waals surface area contributed by atoms with Crippen LogP contribution in [0.4, 0.5) is 5.69 Å². The van der Waals surface area contributed by atoms with Crippen molar-refractivity contribution in [1.29, 1.82) is 0 Å². The van der Waals surface area contributed by atoms with Gasteiger partial charge in [-0.25, -0.2) is 0 Å². The maximum Gasteiger partial charge on any atom is 0.224 e. The Morgan fingerprint density at radius 2 is 2.05 bits per heavy atom. The number of amides is 1. The third-order valence-electron chi connectivity index (χ3n) is 2.83. The molecule has 0 spiro atoms. The van der Waals surface area contributed by atoms with E-state index in [-0.39, 0.29) is 24.6 Å². The summed E-state index contributed by atoms with van der Waals surface area (Å²) in [6, 6.07) is 11.9. The number of phenols is 1. The number of nitrogens with one attached hydrogen (secondary N) is 1. The van der Waals surface area contributed by atoms with Crippen LogP contribution >= 0.6 is 11.6 Å². The summed E-state index contributed by atoms with van der Waals surface area (Å²) in [4.78, 5) is 11.8. The number of benzene rings is 2. The third kappa shape index (κ3) is 3.90. The van der Waals surface area contributed by atoms with Crippen molar-refractivity contribution in [1.82, 2.24) is 5.32 Å². The standard InChI is InChI=1S/C15H15ClN2O2/c16-12-3-1-2-10(6-12)7-15(20)18-9-11-8-13(17)4-5-14(11)19/h1-6,8,19H,7,9,17H2,(H,18,20). The van der Waals surface area contributed by atoms with Crippen LogP contribution in [0, 0.1) is 0 Å². The summed E-state index contributed by atoms with van der Waals surface area (Å²) in [5.41, 5.74) is 7.61. The van der Waals surface area contributed by atoms with Gasteiger partial charge in [-0.3, -0.25) is 4.79 Å². The molecule has 0 saturated carbocycles. The lowest BCUT2D eigenvalue weighted by Crippen LogP contribution is -2.24. The number of carbonyl (C=O) groups is 1. The molecule has 0 radical (unpaired) electrons. The highest BCUT2D eigenvalue weighted by Crippen LogP contribution is 2.19. The van der Waals surface area contributed by atoms with Gasteiger partial charge in [-0.1, -0.05) is 23.7 Å². The van der Waals surface area contributed by atoms with Gasteiger partial charge in [0.25, 0.3) is 0 Å². The Bertz CT molecular complexity index is 629. The highest BCUT2D eigenvalue weighted by molar-refractivity contribution is 6.30. The zero-order valence-electron chi connectivity index (χ0n) is 10.8. The van der Waals surface area contributed by atoms with Crippen LogP contribution in [0.5, 0.6) is 5.75 Å². The van der Waals surface area contributed by atoms with E-state index in [9.17, 15) is 9.90 Å². The monoisotopic (exact) mass is 290 g/mol. The summed E-state index contributed by atoms with van der Waals surface area (Å²) < 4.78 is 0. The molecular weight excluding hydrogens is 276 g/mol. The molecule has 4 nitrogen and oxygen atoms in total. The van der Waals surface area contributed by atoms with Crippen LogP contribution in [0.15, 0.2) is 42.5 Å². The average molecular weight is 291 g/mol. The van der Waals surface area contributed by atoms with Crippen molar-refractivity contribution < 1.29 is 9.90 Å². The van der Waals surface area contributed by atoms with Crippen molar-refractivity contribution in [2.45, 2.75) is 13.0 Å². The Labute approximate surface area is 122 Å². The first kappa shape index (κ1) is 14.2. The zero-order chi connectivity index (χ0) is 14.5. The second kappa shape index (κ2) is 6.30. The molecular formula is C15H15ClN2O2. The molecule has 0 bridgehead atoms. The maximum atomic E-state index is 11.8. The minimum atomic E-state index is -0.144. The Morgan fingerprint density at radius 1 is 1.25 bits per heavy atom. The number of carbonyl (C=O) groups excluding carboxylic acids is 1. The molecule has 20 heavy (non-hydrogen) atoms. The zero-order valence-corrected chi connectivity index (χ0v) is 11.5. The lowest BCUT2D eigenvalue weighted by molar-refractivity contribution is -0.120. The minimum absolute atomic E-state index is 0.113. The molecule has 0 unspecified atom stereocenters. The Hall–Kier alpha value is -2.20. The summed E-state index contributed by atoms with van der Waals surface area (Å²) in [6.07, 6.45) is 0.240. The molecule has 0 fully saturated rings. The molecule has 0 aliphatic rings. The second-order valence-electron chi connectivity index (χ2n) is 4.47. The number of nitrogens with two attached hydrogens (primary N) is 1. The van der Waals surface area contributed by atoms with Crippen LogP contribution in [0.25, 0.3) is 0 Å². The number of nitrogen functional groups attached to an aromatic ring is 1. The van der Waals surface area contributed by atoms with Crippen LogP contribution in [0.3, 0.4) is 0 Å². The predicted octanol–water partition coefficient (Wildman–Crippen LogP) is 2.49. The average Bonchev–Trinajstić information content (AvgIpc) is 2.40. The largest absolute Gasteiger partial charge is 0.508 e. The molecule has 1 amide bonds. The molecule has 0 aromatic heterocycles. The third-order valence-corrected chi connectivity index (χ3v) is 3.07. The fourth-order valence-electron chi connectivity index (χ4n) is 1.84. The summed E-state index contributed by atoms with van der Waals surface area (Å²) >= 11 is 5.86. The Kier molecular flexibility index (Phi) is 4.48. The van der Waals surface area contributed by atoms with Gasteiger partial charge in [-0.2, -0.15) is 0 Å². The van der Waals surface area contributed by atoms with Gasteiger partial charge in [-0.15, -0.1) is 0 Å². The van der Waals surface area contributed by atoms with Crippen molar-refractivity contribution in [3.05, 3.63) is 58.6 Å². The van der Waals surface area contributed by atoms with Crippen molar-refractivity contribution in [3.63, 3.8) is 0 Å². The number of hydrogen-bond donors (Lipinski definition) is 3. The smallest absolute Gasteiger partial charge is 0.224 e. The number of halogens is 1. The number of anilines is 1. The highest BCUT2D eigenvalue weighted by atomic mass is 35.5. The van der Waals surface area contributed by atoms with Crippen molar-refractivity contribution in [2.75, 3.05) is 5.73 Å². The molecule has 0 atom stereocenters. The molecule has 0 saturated heterocycles. The molecule has 0 aliphatic carbocycles. The van der Waals surface area contributed by atoms with Crippen LogP contribution < -0.4 is 11.1 Å². The lowest BCUT2D eigenvalue weighted by Gasteiger charge is -2.08. The summed E-state index contributed by atoms with van der Waals surface area (Å²) in [5.74, 6) is -0.0312. The van der Waals surface area contributed by atoms with Gasteiger partial charge < -0.3 is 16.2 Å². The van der Waals surface area contributed by atoms with Gasteiger partial charge >= 0.3 is 0 Å². The van der Waals surface area contributed by atoms with E-state index in [1.54, 1.807) is 30.3 Å². The van der Waals surface area contributed by atoms with Crippen molar-refractivity contribution >= 4 is 23.2 Å². The summed E-state index contributed by atoms with van der Waals surface area (Å²) in [5, 5.41) is 13.0. The van der Waals surface area contributed by atoms with E-state index in [0.29, 0.717) is 16.3 Å². The number of rotatable bonds is 4. The van der Waals surface area contributed by atoms with E-state index >= 15 is 0 Å². The summed E-state index contributed by atoms with van der Waals surface area (Å²) in [7, 11) is 0. The Morgan fingerprint density at radius 3 is 2.80 bits per heavy atom. The number of aromatic hydroxyl groups is 1. The molecule has 4 N–H and O–H groups in total. The molecule has 2 rings (SSSR count). The van der Waals surface area contributed by atoms with E-state index in [1.165, 1.54) is 6.07 Å². The van der Waals surface area contributed by atoms with Gasteiger partial charge in [0.2, 0.25) is 5.91 Å². The normalized spacial score (nSPS) is 10.2. The fraction of sp³-hybridized carbons (Fsp3) is 0.133. The van der Waals surface area contributed by atoms with E-state index in [2.05, 4.69) is 5.32 Å². The quantitative estimate of drug-likeness (QED) is 0.598.